The molecule has 2 heteroatoms. The van der Waals surface area contributed by atoms with Crippen LogP contribution in [0.25, 0.3) is 10.9 Å². The van der Waals surface area contributed by atoms with Gasteiger partial charge < -0.3 is 10.7 Å². The summed E-state index contributed by atoms with van der Waals surface area (Å²) >= 11 is 0. The lowest BCUT2D eigenvalue weighted by atomic mass is 9.86. The molecule has 0 radical (unpaired) electrons. The fraction of sp³-hybridized carbons (Fsp3) is 0.529. The molecular weight excluding hydrogens is 232 g/mol. The second-order valence-corrected chi connectivity index (χ2v) is 6.21. The quantitative estimate of drug-likeness (QED) is 0.843. The lowest BCUT2D eigenvalue weighted by molar-refractivity contribution is 0.507. The van der Waals surface area contributed by atoms with Crippen LogP contribution < -0.4 is 5.73 Å². The number of H-pyrrole nitrogens is 1. The van der Waals surface area contributed by atoms with Crippen molar-refractivity contribution in [3.05, 3.63) is 35.0 Å². The Bertz CT molecular complexity index is 564. The van der Waals surface area contributed by atoms with E-state index < -0.39 is 0 Å². The van der Waals surface area contributed by atoms with Crippen molar-refractivity contribution in [2.45, 2.75) is 46.5 Å². The molecule has 3 N–H and O–H groups in total. The van der Waals surface area contributed by atoms with Crippen molar-refractivity contribution in [3.63, 3.8) is 0 Å². The van der Waals surface area contributed by atoms with Gasteiger partial charge >= 0.3 is 0 Å². The summed E-state index contributed by atoms with van der Waals surface area (Å²) in [5.41, 5.74) is 11.3. The summed E-state index contributed by atoms with van der Waals surface area (Å²) in [6.45, 7) is 11.9. The van der Waals surface area contributed by atoms with Gasteiger partial charge in [-0.15, -0.1) is 0 Å². The van der Waals surface area contributed by atoms with Crippen LogP contribution in [0, 0.1) is 12.8 Å². The maximum absolute atomic E-state index is 6.01. The van der Waals surface area contributed by atoms with Gasteiger partial charge in [0.1, 0.15) is 0 Å². The van der Waals surface area contributed by atoms with E-state index in [0.717, 1.165) is 0 Å². The highest BCUT2D eigenvalue weighted by Crippen LogP contribution is 2.34. The van der Waals surface area contributed by atoms with E-state index >= 15 is 0 Å². The lowest BCUT2D eigenvalue weighted by Crippen LogP contribution is -2.18. The summed E-state index contributed by atoms with van der Waals surface area (Å²) in [4.78, 5) is 3.51. The number of nitrogens with two attached hydrogens (primary N) is 1. The molecule has 0 aliphatic heterocycles. The number of hydrogen-bond donors (Lipinski definition) is 2. The van der Waals surface area contributed by atoms with Crippen molar-refractivity contribution in [1.82, 2.24) is 4.98 Å². The molecule has 0 fully saturated rings. The average Bonchev–Trinajstić information content (AvgIpc) is 2.66. The molecule has 19 heavy (non-hydrogen) atoms. The van der Waals surface area contributed by atoms with Gasteiger partial charge in [-0.2, -0.15) is 0 Å². The topological polar surface area (TPSA) is 41.8 Å². The molecule has 1 aromatic heterocycles. The maximum Gasteiger partial charge on any atom is 0.0459 e. The van der Waals surface area contributed by atoms with Gasteiger partial charge in [-0.3, -0.25) is 0 Å². The highest BCUT2D eigenvalue weighted by Gasteiger charge is 2.21. The summed E-state index contributed by atoms with van der Waals surface area (Å²) in [7, 11) is 0. The number of nitrogens with one attached hydrogen (secondary N) is 1. The normalized spacial score (nSPS) is 13.7. The van der Waals surface area contributed by atoms with Crippen molar-refractivity contribution in [1.29, 1.82) is 0 Å². The van der Waals surface area contributed by atoms with Crippen LogP contribution in [0.4, 0.5) is 0 Å². The molecule has 0 spiro atoms. The molecule has 2 rings (SSSR count). The van der Waals surface area contributed by atoms with Gasteiger partial charge in [0.25, 0.3) is 0 Å². The fourth-order valence-electron chi connectivity index (χ4n) is 2.93. The van der Waals surface area contributed by atoms with E-state index in [2.05, 4.69) is 57.8 Å². The molecule has 0 amide bonds. The lowest BCUT2D eigenvalue weighted by Gasteiger charge is -2.20. The first-order chi connectivity index (χ1) is 8.95. The Morgan fingerprint density at radius 3 is 2.37 bits per heavy atom. The molecule has 2 aromatic rings. The number of fused-ring (bicyclic) bond motifs is 1. The fourth-order valence-corrected chi connectivity index (χ4v) is 2.93. The molecule has 1 unspecified atom stereocenters. The molecule has 2 nitrogen and oxygen atoms in total. The third-order valence-corrected chi connectivity index (χ3v) is 4.16. The smallest absolute Gasteiger partial charge is 0.0459 e. The Hall–Kier alpha value is -1.28. The number of aromatic amines is 1. The summed E-state index contributed by atoms with van der Waals surface area (Å²) in [6.07, 6.45) is 0. The Kier molecular flexibility index (Phi) is 4.00. The zero-order valence-electron chi connectivity index (χ0n) is 12.7. The number of aromatic nitrogens is 1. The molecule has 1 heterocycles. The Morgan fingerprint density at radius 2 is 1.84 bits per heavy atom. The monoisotopic (exact) mass is 258 g/mol. The van der Waals surface area contributed by atoms with E-state index in [1.807, 2.05) is 0 Å². The standard InChI is InChI=1S/C17H26N2/c1-10(2)13-6-7-16-14(8-13)17(12(5)19-16)15(9-18)11(3)4/h6-8,10-11,15,19H,9,18H2,1-5H3. The molecular formula is C17H26N2. The van der Waals surface area contributed by atoms with E-state index in [1.54, 1.807) is 0 Å². The number of rotatable bonds is 4. The van der Waals surface area contributed by atoms with Gasteiger partial charge in [0.15, 0.2) is 0 Å². The number of hydrogen-bond acceptors (Lipinski definition) is 1. The van der Waals surface area contributed by atoms with E-state index in [0.29, 0.717) is 24.3 Å². The molecule has 1 aromatic carbocycles. The molecule has 0 aliphatic rings. The largest absolute Gasteiger partial charge is 0.358 e. The molecule has 1 atom stereocenters. The first-order valence-corrected chi connectivity index (χ1v) is 7.27. The van der Waals surface area contributed by atoms with Crippen LogP contribution >= 0.6 is 0 Å². The van der Waals surface area contributed by atoms with Gasteiger partial charge in [-0.05, 0) is 48.6 Å². The van der Waals surface area contributed by atoms with Crippen molar-refractivity contribution in [3.8, 4) is 0 Å². The minimum atomic E-state index is 0.427. The maximum atomic E-state index is 6.01. The number of aryl methyl sites for hydroxylation is 1. The van der Waals surface area contributed by atoms with Crippen LogP contribution in [0.15, 0.2) is 18.2 Å². The Labute approximate surface area is 116 Å². The van der Waals surface area contributed by atoms with Crippen LogP contribution in [0.3, 0.4) is 0 Å². The van der Waals surface area contributed by atoms with Crippen LogP contribution in [0.5, 0.6) is 0 Å². The van der Waals surface area contributed by atoms with Crippen molar-refractivity contribution in [2.75, 3.05) is 6.54 Å². The second kappa shape index (κ2) is 5.38. The zero-order valence-corrected chi connectivity index (χ0v) is 12.7. The number of benzene rings is 1. The molecule has 0 saturated carbocycles. The Balaban J connectivity index is 2.64. The zero-order chi connectivity index (χ0) is 14.2. The van der Waals surface area contributed by atoms with E-state index in [4.69, 9.17) is 5.73 Å². The minimum Gasteiger partial charge on any atom is -0.358 e. The summed E-state index contributed by atoms with van der Waals surface area (Å²) in [6, 6.07) is 6.76. The van der Waals surface area contributed by atoms with Crippen molar-refractivity contribution in [2.24, 2.45) is 11.7 Å². The van der Waals surface area contributed by atoms with Gasteiger partial charge in [0.2, 0.25) is 0 Å². The SMILES string of the molecule is Cc1[nH]c2ccc(C(C)C)cc2c1C(CN)C(C)C. The third-order valence-electron chi connectivity index (χ3n) is 4.16. The molecule has 0 saturated heterocycles. The van der Waals surface area contributed by atoms with E-state index in [-0.39, 0.29) is 0 Å². The summed E-state index contributed by atoms with van der Waals surface area (Å²) in [5, 5.41) is 1.35. The second-order valence-electron chi connectivity index (χ2n) is 6.21. The van der Waals surface area contributed by atoms with Crippen LogP contribution in [-0.4, -0.2) is 11.5 Å². The van der Waals surface area contributed by atoms with Crippen molar-refractivity contribution < 1.29 is 0 Å². The van der Waals surface area contributed by atoms with Gasteiger partial charge in [0.05, 0.1) is 0 Å². The molecule has 0 bridgehead atoms. The van der Waals surface area contributed by atoms with Crippen LogP contribution in [0.1, 0.15) is 56.4 Å². The first-order valence-electron chi connectivity index (χ1n) is 7.27. The third kappa shape index (κ3) is 2.55. The van der Waals surface area contributed by atoms with Crippen LogP contribution in [-0.2, 0) is 0 Å². The van der Waals surface area contributed by atoms with Crippen LogP contribution in [0.2, 0.25) is 0 Å². The Morgan fingerprint density at radius 1 is 1.16 bits per heavy atom. The molecule has 0 aliphatic carbocycles. The highest BCUT2D eigenvalue weighted by molar-refractivity contribution is 5.86. The van der Waals surface area contributed by atoms with E-state index in [9.17, 15) is 0 Å². The van der Waals surface area contributed by atoms with Gasteiger partial charge in [-0.25, -0.2) is 0 Å². The summed E-state index contributed by atoms with van der Waals surface area (Å²) in [5.74, 6) is 1.55. The predicted molar refractivity (Wildman–Crippen MR) is 83.8 cm³/mol. The highest BCUT2D eigenvalue weighted by atomic mass is 14.7. The van der Waals surface area contributed by atoms with Crippen molar-refractivity contribution >= 4 is 10.9 Å². The first kappa shape index (κ1) is 14.1. The minimum absolute atomic E-state index is 0.427. The molecule has 104 valence electrons. The predicted octanol–water partition coefficient (Wildman–Crippen LogP) is 4.30. The van der Waals surface area contributed by atoms with Gasteiger partial charge in [0, 0.05) is 22.5 Å². The summed E-state index contributed by atoms with van der Waals surface area (Å²) < 4.78 is 0. The van der Waals surface area contributed by atoms with Gasteiger partial charge in [-0.1, -0.05) is 33.8 Å². The average molecular weight is 258 g/mol. The van der Waals surface area contributed by atoms with E-state index in [1.165, 1.54) is 27.7 Å².